The average molecular weight is 658 g/mol. The number of ether oxygens (including phenoxy) is 4. The number of aromatic nitrogens is 3. The maximum Gasteiger partial charge on any atom is 0.338 e. The monoisotopic (exact) mass is 657 g/mol. The van der Waals surface area contributed by atoms with Gasteiger partial charge in [0, 0.05) is 43.8 Å². The van der Waals surface area contributed by atoms with Gasteiger partial charge in [-0.15, -0.1) is 0 Å². The van der Waals surface area contributed by atoms with Crippen molar-refractivity contribution in [3.63, 3.8) is 0 Å². The molecular formula is C37H47N3O6Si. The number of nitrogens with zero attached hydrogens (tertiary/aromatic N) is 3. The second kappa shape index (κ2) is 16.0. The third-order valence-electron chi connectivity index (χ3n) is 7.64. The topological polar surface area (TPSA) is 102 Å². The highest BCUT2D eigenvalue weighted by Gasteiger charge is 2.29. The molecule has 0 bridgehead atoms. The van der Waals surface area contributed by atoms with Crippen molar-refractivity contribution in [3.05, 3.63) is 78.6 Å². The van der Waals surface area contributed by atoms with Crippen LogP contribution in [-0.4, -0.2) is 61.5 Å². The molecule has 0 N–H and O–H groups in total. The lowest BCUT2D eigenvalue weighted by atomic mass is 9.95. The lowest BCUT2D eigenvalue weighted by Gasteiger charge is -2.21. The van der Waals surface area contributed by atoms with Crippen LogP contribution in [0.2, 0.25) is 25.7 Å². The molecule has 0 amide bonds. The van der Waals surface area contributed by atoms with Crippen LogP contribution in [0.5, 0.6) is 5.75 Å². The van der Waals surface area contributed by atoms with Crippen LogP contribution in [0.1, 0.15) is 44.0 Å². The van der Waals surface area contributed by atoms with Gasteiger partial charge in [0.1, 0.15) is 24.9 Å². The van der Waals surface area contributed by atoms with Gasteiger partial charge in [0.25, 0.3) is 0 Å². The minimum absolute atomic E-state index is 0.204. The zero-order valence-corrected chi connectivity index (χ0v) is 29.7. The van der Waals surface area contributed by atoms with E-state index in [1.165, 1.54) is 7.11 Å². The standard InChI is InChI=1S/C37H47N3O6Si/c1-8-9-19-45-35(41)29-12-10-11-28(22-29)33-24-40(26-44-20-21-47(5,6)7)34(39-33)30-15-18-32(38-23-30)27-13-16-31(17-14-27)46-25-37(2,3)36(42)43-4/h10-18,22-24H,8-9,19-21,25-26H2,1-7H3. The Labute approximate surface area is 279 Å². The number of unbranched alkanes of at least 4 members (excludes halogenated alkanes) is 1. The highest BCUT2D eigenvalue weighted by Crippen LogP contribution is 2.28. The van der Waals surface area contributed by atoms with E-state index in [1.54, 1.807) is 19.9 Å². The third-order valence-corrected chi connectivity index (χ3v) is 9.34. The number of imidazole rings is 1. The van der Waals surface area contributed by atoms with E-state index < -0.39 is 13.5 Å². The molecule has 10 heteroatoms. The molecule has 0 saturated carbocycles. The van der Waals surface area contributed by atoms with E-state index in [-0.39, 0.29) is 18.5 Å². The number of methoxy groups -OCH3 is 1. The van der Waals surface area contributed by atoms with Crippen LogP contribution in [-0.2, 0) is 25.7 Å². The lowest BCUT2D eigenvalue weighted by molar-refractivity contribution is -0.152. The fraction of sp³-hybridized carbons (Fsp3) is 0.405. The van der Waals surface area contributed by atoms with Crippen molar-refractivity contribution in [2.24, 2.45) is 5.41 Å². The molecule has 0 aliphatic carbocycles. The van der Waals surface area contributed by atoms with Gasteiger partial charge in [0.2, 0.25) is 0 Å². The molecule has 4 rings (SSSR count). The number of benzene rings is 2. The first-order chi connectivity index (χ1) is 22.4. The lowest BCUT2D eigenvalue weighted by Crippen LogP contribution is -2.32. The number of esters is 2. The summed E-state index contributed by atoms with van der Waals surface area (Å²) in [6.07, 6.45) is 5.56. The average Bonchev–Trinajstić information content (AvgIpc) is 3.49. The van der Waals surface area contributed by atoms with Gasteiger partial charge in [-0.25, -0.2) is 9.78 Å². The van der Waals surface area contributed by atoms with E-state index in [2.05, 4.69) is 26.6 Å². The molecule has 0 unspecified atom stereocenters. The fourth-order valence-corrected chi connectivity index (χ4v) is 5.40. The molecular weight excluding hydrogens is 611 g/mol. The van der Waals surface area contributed by atoms with Crippen molar-refractivity contribution in [1.29, 1.82) is 0 Å². The van der Waals surface area contributed by atoms with E-state index in [4.69, 9.17) is 28.9 Å². The molecule has 2 aromatic carbocycles. The van der Waals surface area contributed by atoms with Crippen LogP contribution in [0.25, 0.3) is 33.9 Å². The van der Waals surface area contributed by atoms with Gasteiger partial charge in [0.05, 0.1) is 36.1 Å². The van der Waals surface area contributed by atoms with Gasteiger partial charge < -0.3 is 23.5 Å². The van der Waals surface area contributed by atoms with E-state index >= 15 is 0 Å². The van der Waals surface area contributed by atoms with Crippen LogP contribution < -0.4 is 4.74 Å². The molecule has 250 valence electrons. The largest absolute Gasteiger partial charge is 0.492 e. The SMILES string of the molecule is CCCCOC(=O)c1cccc(-c2cn(COCC[Si](C)(C)C)c(-c3ccc(-c4ccc(OCC(C)(C)C(=O)OC)cc4)nc3)n2)c1. The van der Waals surface area contributed by atoms with Crippen LogP contribution in [0, 0.1) is 5.41 Å². The summed E-state index contributed by atoms with van der Waals surface area (Å²) in [5.41, 5.74) is 3.86. The maximum atomic E-state index is 12.6. The van der Waals surface area contributed by atoms with E-state index in [0.29, 0.717) is 31.3 Å². The first-order valence-corrected chi connectivity index (χ1v) is 19.8. The second-order valence-corrected chi connectivity index (χ2v) is 19.1. The highest BCUT2D eigenvalue weighted by atomic mass is 28.3. The second-order valence-electron chi connectivity index (χ2n) is 13.5. The number of rotatable bonds is 16. The summed E-state index contributed by atoms with van der Waals surface area (Å²) in [5.74, 6) is 0.726. The van der Waals surface area contributed by atoms with Gasteiger partial charge in [-0.05, 0) is 74.8 Å². The summed E-state index contributed by atoms with van der Waals surface area (Å²) in [7, 11) is 0.134. The normalized spacial score (nSPS) is 11.7. The molecule has 0 aliphatic rings. The van der Waals surface area contributed by atoms with Crippen molar-refractivity contribution < 1.29 is 28.5 Å². The summed E-state index contributed by atoms with van der Waals surface area (Å²) < 4.78 is 24.2. The minimum atomic E-state index is -1.24. The van der Waals surface area contributed by atoms with E-state index in [9.17, 15) is 9.59 Å². The molecule has 0 fully saturated rings. The molecule has 47 heavy (non-hydrogen) atoms. The molecule has 2 aromatic heterocycles. The van der Waals surface area contributed by atoms with Crippen LogP contribution >= 0.6 is 0 Å². The highest BCUT2D eigenvalue weighted by molar-refractivity contribution is 6.76. The minimum Gasteiger partial charge on any atom is -0.492 e. The third kappa shape index (κ3) is 10.1. The summed E-state index contributed by atoms with van der Waals surface area (Å²) in [6, 6.07) is 20.0. The number of hydrogen-bond acceptors (Lipinski definition) is 8. The molecule has 0 saturated heterocycles. The van der Waals surface area contributed by atoms with Gasteiger partial charge in [-0.2, -0.15) is 0 Å². The number of hydrogen-bond donors (Lipinski definition) is 0. The quantitative estimate of drug-likeness (QED) is 0.0676. The van der Waals surface area contributed by atoms with Crippen LogP contribution in [0.3, 0.4) is 0 Å². The Morgan fingerprint density at radius 3 is 2.32 bits per heavy atom. The predicted octanol–water partition coefficient (Wildman–Crippen LogP) is 8.13. The molecule has 4 aromatic rings. The molecule has 0 atom stereocenters. The van der Waals surface area contributed by atoms with E-state index in [1.807, 2.05) is 71.6 Å². The van der Waals surface area contributed by atoms with Gasteiger partial charge >= 0.3 is 11.9 Å². The molecule has 0 radical (unpaired) electrons. The first-order valence-electron chi connectivity index (χ1n) is 16.1. The number of pyridine rings is 1. The molecule has 0 aliphatic heterocycles. The predicted molar refractivity (Wildman–Crippen MR) is 187 cm³/mol. The fourth-order valence-electron chi connectivity index (χ4n) is 4.64. The van der Waals surface area contributed by atoms with Gasteiger partial charge in [0.15, 0.2) is 0 Å². The summed E-state index contributed by atoms with van der Waals surface area (Å²) in [4.78, 5) is 34.3. The van der Waals surface area contributed by atoms with Crippen molar-refractivity contribution >= 4 is 20.0 Å². The number of carbonyl (C=O) groups is 2. The summed E-state index contributed by atoms with van der Waals surface area (Å²) >= 11 is 0. The van der Waals surface area contributed by atoms with Crippen molar-refractivity contribution in [2.75, 3.05) is 26.9 Å². The Morgan fingerprint density at radius 2 is 1.66 bits per heavy atom. The van der Waals surface area contributed by atoms with Gasteiger partial charge in [-0.3, -0.25) is 9.78 Å². The zero-order valence-electron chi connectivity index (χ0n) is 28.7. The summed E-state index contributed by atoms with van der Waals surface area (Å²) in [6.45, 7) is 14.3. The Balaban J connectivity index is 1.54. The molecule has 2 heterocycles. The Hall–Kier alpha value is -4.28. The smallest absolute Gasteiger partial charge is 0.338 e. The van der Waals surface area contributed by atoms with Crippen LogP contribution in [0.15, 0.2) is 73.1 Å². The number of carbonyl (C=O) groups excluding carboxylic acids is 2. The molecule has 9 nitrogen and oxygen atoms in total. The zero-order chi connectivity index (χ0) is 34.0. The van der Waals surface area contributed by atoms with Crippen molar-refractivity contribution in [3.8, 4) is 39.7 Å². The van der Waals surface area contributed by atoms with Crippen molar-refractivity contribution in [2.45, 2.75) is 66.0 Å². The van der Waals surface area contributed by atoms with Crippen LogP contribution in [0.4, 0.5) is 0 Å². The maximum absolute atomic E-state index is 12.6. The van der Waals surface area contributed by atoms with Crippen molar-refractivity contribution in [1.82, 2.24) is 14.5 Å². The van der Waals surface area contributed by atoms with E-state index in [0.717, 1.165) is 52.8 Å². The Bertz CT molecular complexity index is 1630. The first kappa shape index (κ1) is 35.6. The Kier molecular flexibility index (Phi) is 12.1. The van der Waals surface area contributed by atoms with Gasteiger partial charge in [-0.1, -0.05) is 45.1 Å². The molecule has 0 spiro atoms. The Morgan fingerprint density at radius 1 is 0.915 bits per heavy atom. The summed E-state index contributed by atoms with van der Waals surface area (Å²) in [5, 5.41) is 0.